The molecule has 0 spiro atoms. The fraction of sp³-hybridized carbons (Fsp3) is 0. The average Bonchev–Trinajstić information content (AvgIpc) is 2.30. The molecule has 0 saturated carbocycles. The number of hydrogen-bond donors (Lipinski definition) is 0. The molecule has 0 aliphatic rings. The number of nitrogens with zero attached hydrogens (tertiary/aromatic N) is 2. The quantitative estimate of drug-likeness (QED) is 0.758. The van der Waals surface area contributed by atoms with Crippen molar-refractivity contribution < 1.29 is 0 Å². The molecule has 0 radical (unpaired) electrons. The second-order valence-electron chi connectivity index (χ2n) is 3.02. The van der Waals surface area contributed by atoms with Crippen LogP contribution in [0.1, 0.15) is 5.56 Å². The molecule has 0 fully saturated rings. The van der Waals surface area contributed by atoms with E-state index in [9.17, 15) is 0 Å². The van der Waals surface area contributed by atoms with Gasteiger partial charge in [0.25, 0.3) is 0 Å². The monoisotopic (exact) mass is 260 g/mol. The summed E-state index contributed by atoms with van der Waals surface area (Å²) in [6.45, 7) is 0. The van der Waals surface area contributed by atoms with Gasteiger partial charge >= 0.3 is 0 Å². The van der Waals surface area contributed by atoms with Gasteiger partial charge in [-0.25, -0.2) is 0 Å². The van der Waals surface area contributed by atoms with Crippen molar-refractivity contribution in [1.29, 1.82) is 0 Å². The maximum atomic E-state index is 4.34. The van der Waals surface area contributed by atoms with Crippen molar-refractivity contribution in [2.24, 2.45) is 4.99 Å². The molecule has 1 aromatic heterocycles. The van der Waals surface area contributed by atoms with E-state index in [1.807, 2.05) is 42.6 Å². The highest BCUT2D eigenvalue weighted by Gasteiger charge is 1.89. The van der Waals surface area contributed by atoms with Crippen LogP contribution in [0.25, 0.3) is 0 Å². The molecule has 0 aliphatic carbocycles. The van der Waals surface area contributed by atoms with Gasteiger partial charge in [0.05, 0.1) is 5.69 Å². The van der Waals surface area contributed by atoms with Crippen LogP contribution in [0, 0.1) is 0 Å². The summed E-state index contributed by atoms with van der Waals surface area (Å²) in [6, 6.07) is 11.7. The number of aliphatic imine (C=N–C) groups is 1. The Hall–Kier alpha value is -1.48. The van der Waals surface area contributed by atoms with Gasteiger partial charge in [-0.1, -0.05) is 15.9 Å². The molecule has 0 unspecified atom stereocenters. The Labute approximate surface area is 96.8 Å². The van der Waals surface area contributed by atoms with Gasteiger partial charge < -0.3 is 0 Å². The van der Waals surface area contributed by atoms with Gasteiger partial charge in [-0.05, 0) is 42.0 Å². The van der Waals surface area contributed by atoms with Crippen molar-refractivity contribution in [2.75, 3.05) is 0 Å². The summed E-state index contributed by atoms with van der Waals surface area (Å²) >= 11 is 3.38. The van der Waals surface area contributed by atoms with Crippen molar-refractivity contribution in [3.63, 3.8) is 0 Å². The van der Waals surface area contributed by atoms with E-state index in [1.165, 1.54) is 0 Å². The van der Waals surface area contributed by atoms with Crippen LogP contribution >= 0.6 is 15.9 Å². The molecular weight excluding hydrogens is 252 g/mol. The van der Waals surface area contributed by atoms with Crippen molar-refractivity contribution in [3.8, 4) is 0 Å². The predicted octanol–water partition coefficient (Wildman–Crippen LogP) is 3.59. The summed E-state index contributed by atoms with van der Waals surface area (Å²) in [5.41, 5.74) is 1.99. The molecule has 3 heteroatoms. The van der Waals surface area contributed by atoms with Gasteiger partial charge in [0, 0.05) is 23.1 Å². The van der Waals surface area contributed by atoms with E-state index in [-0.39, 0.29) is 0 Å². The van der Waals surface area contributed by atoms with E-state index < -0.39 is 0 Å². The van der Waals surface area contributed by atoms with E-state index in [0.717, 1.165) is 15.7 Å². The van der Waals surface area contributed by atoms with E-state index >= 15 is 0 Å². The smallest absolute Gasteiger partial charge is 0.0630 e. The van der Waals surface area contributed by atoms with E-state index in [0.29, 0.717) is 0 Å². The van der Waals surface area contributed by atoms with Crippen LogP contribution in [0.15, 0.2) is 58.3 Å². The first-order valence-electron chi connectivity index (χ1n) is 4.54. The summed E-state index contributed by atoms with van der Waals surface area (Å²) in [7, 11) is 0. The summed E-state index contributed by atoms with van der Waals surface area (Å²) in [5, 5.41) is 0. The highest BCUT2D eigenvalue weighted by molar-refractivity contribution is 9.10. The topological polar surface area (TPSA) is 25.2 Å². The zero-order valence-electron chi connectivity index (χ0n) is 7.97. The molecule has 1 heterocycles. The van der Waals surface area contributed by atoms with Crippen LogP contribution in [-0.4, -0.2) is 11.2 Å². The molecule has 1 aromatic carbocycles. The fourth-order valence-electron chi connectivity index (χ4n) is 1.13. The minimum atomic E-state index is 0.940. The zero-order chi connectivity index (χ0) is 10.5. The van der Waals surface area contributed by atoms with Gasteiger partial charge in [0.2, 0.25) is 0 Å². The lowest BCUT2D eigenvalue weighted by Crippen LogP contribution is -1.79. The van der Waals surface area contributed by atoms with Crippen LogP contribution in [0.3, 0.4) is 0 Å². The lowest BCUT2D eigenvalue weighted by molar-refractivity contribution is 1.32. The SMILES string of the molecule is Brc1ccc(/N=C/c2ccncc2)cc1. The Morgan fingerprint density at radius 2 is 1.67 bits per heavy atom. The first-order valence-corrected chi connectivity index (χ1v) is 5.33. The van der Waals surface area contributed by atoms with Gasteiger partial charge in [0.1, 0.15) is 0 Å². The Balaban J connectivity index is 2.15. The Morgan fingerprint density at radius 3 is 2.33 bits per heavy atom. The molecule has 2 nitrogen and oxygen atoms in total. The van der Waals surface area contributed by atoms with Gasteiger partial charge in [-0.3, -0.25) is 9.98 Å². The Kier molecular flexibility index (Phi) is 3.25. The number of halogens is 1. The molecule has 0 N–H and O–H groups in total. The number of rotatable bonds is 2. The van der Waals surface area contributed by atoms with Crippen molar-refractivity contribution in [1.82, 2.24) is 4.98 Å². The minimum Gasteiger partial charge on any atom is -0.265 e. The standard InChI is InChI=1S/C12H9BrN2/c13-11-1-3-12(4-2-11)15-9-10-5-7-14-8-6-10/h1-9H/b15-9+. The molecule has 0 saturated heterocycles. The summed E-state index contributed by atoms with van der Waals surface area (Å²) in [5.74, 6) is 0. The largest absolute Gasteiger partial charge is 0.265 e. The minimum absolute atomic E-state index is 0.940. The number of hydrogen-bond acceptors (Lipinski definition) is 2. The second kappa shape index (κ2) is 4.84. The third-order valence-corrected chi connectivity index (χ3v) is 2.42. The van der Waals surface area contributed by atoms with Crippen LogP contribution in [-0.2, 0) is 0 Å². The van der Waals surface area contributed by atoms with Crippen LogP contribution in [0.5, 0.6) is 0 Å². The maximum Gasteiger partial charge on any atom is 0.0630 e. The molecule has 15 heavy (non-hydrogen) atoms. The first-order chi connectivity index (χ1) is 7.34. The molecular formula is C12H9BrN2. The lowest BCUT2D eigenvalue weighted by Gasteiger charge is -1.94. The van der Waals surface area contributed by atoms with Crippen molar-refractivity contribution in [3.05, 3.63) is 58.8 Å². The fourth-order valence-corrected chi connectivity index (χ4v) is 1.39. The van der Waals surface area contributed by atoms with Crippen LogP contribution < -0.4 is 0 Å². The summed E-state index contributed by atoms with van der Waals surface area (Å²) in [4.78, 5) is 8.29. The Bertz CT molecular complexity index is 449. The predicted molar refractivity (Wildman–Crippen MR) is 65.6 cm³/mol. The molecule has 74 valence electrons. The highest BCUT2D eigenvalue weighted by atomic mass is 79.9. The zero-order valence-corrected chi connectivity index (χ0v) is 9.55. The summed E-state index contributed by atoms with van der Waals surface area (Å²) < 4.78 is 1.06. The molecule has 2 aromatic rings. The molecule has 0 bridgehead atoms. The van der Waals surface area contributed by atoms with Gasteiger partial charge in [0.15, 0.2) is 0 Å². The average molecular weight is 261 g/mol. The van der Waals surface area contributed by atoms with Gasteiger partial charge in [-0.15, -0.1) is 0 Å². The molecule has 0 aliphatic heterocycles. The molecule has 2 rings (SSSR count). The molecule has 0 amide bonds. The number of pyridine rings is 1. The second-order valence-corrected chi connectivity index (χ2v) is 3.93. The first kappa shape index (κ1) is 10.1. The van der Waals surface area contributed by atoms with E-state index in [1.54, 1.807) is 12.4 Å². The van der Waals surface area contributed by atoms with Crippen LogP contribution in [0.4, 0.5) is 5.69 Å². The van der Waals surface area contributed by atoms with Crippen LogP contribution in [0.2, 0.25) is 0 Å². The normalized spacial score (nSPS) is 10.7. The van der Waals surface area contributed by atoms with Gasteiger partial charge in [-0.2, -0.15) is 0 Å². The third-order valence-electron chi connectivity index (χ3n) is 1.90. The van der Waals surface area contributed by atoms with Crippen molar-refractivity contribution >= 4 is 27.8 Å². The summed E-state index contributed by atoms with van der Waals surface area (Å²) in [6.07, 6.45) is 5.33. The maximum absolute atomic E-state index is 4.34. The van der Waals surface area contributed by atoms with E-state index in [4.69, 9.17) is 0 Å². The van der Waals surface area contributed by atoms with E-state index in [2.05, 4.69) is 25.9 Å². The Morgan fingerprint density at radius 1 is 1.00 bits per heavy atom. The number of benzene rings is 1. The number of aromatic nitrogens is 1. The highest BCUT2D eigenvalue weighted by Crippen LogP contribution is 2.16. The lowest BCUT2D eigenvalue weighted by atomic mass is 10.3. The third kappa shape index (κ3) is 2.99. The van der Waals surface area contributed by atoms with Crippen molar-refractivity contribution in [2.45, 2.75) is 0 Å². The molecule has 0 atom stereocenters.